The molecule has 0 spiro atoms. The van der Waals surface area contributed by atoms with Crippen molar-refractivity contribution in [2.75, 3.05) is 0 Å². The summed E-state index contributed by atoms with van der Waals surface area (Å²) in [5.41, 5.74) is 4.11. The molecule has 1 heterocycles. The number of aromatic nitrogens is 2. The van der Waals surface area contributed by atoms with Crippen molar-refractivity contribution in [3.05, 3.63) is 45.9 Å². The van der Waals surface area contributed by atoms with E-state index in [9.17, 15) is 4.79 Å². The summed E-state index contributed by atoms with van der Waals surface area (Å²) in [7, 11) is 0. The van der Waals surface area contributed by atoms with Crippen molar-refractivity contribution in [2.24, 2.45) is 0 Å². The number of rotatable bonds is 3. The van der Waals surface area contributed by atoms with Gasteiger partial charge in [-0.15, -0.1) is 0 Å². The van der Waals surface area contributed by atoms with Crippen molar-refractivity contribution in [2.45, 2.75) is 33.7 Å². The Bertz CT molecular complexity index is 561. The minimum Gasteiger partial charge on any atom is -0.289 e. The van der Waals surface area contributed by atoms with Crippen LogP contribution in [0.1, 0.15) is 25.1 Å². The molecular weight excluding hydrogens is 212 g/mol. The van der Waals surface area contributed by atoms with Crippen LogP contribution in [-0.4, -0.2) is 9.78 Å². The highest BCUT2D eigenvalue weighted by Crippen LogP contribution is 2.21. The van der Waals surface area contributed by atoms with Crippen molar-refractivity contribution >= 4 is 0 Å². The quantitative estimate of drug-likeness (QED) is 0.865. The molecule has 0 aliphatic rings. The third-order valence-corrected chi connectivity index (χ3v) is 3.07. The number of aryl methyl sites for hydroxylation is 2. The maximum Gasteiger partial charge on any atom is 0.272 e. The largest absolute Gasteiger partial charge is 0.289 e. The van der Waals surface area contributed by atoms with Gasteiger partial charge in [0.05, 0.1) is 5.56 Å². The molecule has 1 aromatic heterocycles. The first-order valence-electron chi connectivity index (χ1n) is 6.06. The Hall–Kier alpha value is -1.77. The molecule has 0 radical (unpaired) electrons. The van der Waals surface area contributed by atoms with Crippen LogP contribution in [0.2, 0.25) is 0 Å². The molecule has 1 aromatic carbocycles. The fraction of sp³-hybridized carbons (Fsp3) is 0.357. The molecule has 2 rings (SSSR count). The molecule has 0 fully saturated rings. The minimum atomic E-state index is 0.00699. The van der Waals surface area contributed by atoms with Gasteiger partial charge < -0.3 is 0 Å². The predicted molar refractivity (Wildman–Crippen MR) is 70.3 cm³/mol. The third kappa shape index (κ3) is 2.05. The Balaban J connectivity index is 2.62. The minimum absolute atomic E-state index is 0.00699. The van der Waals surface area contributed by atoms with Gasteiger partial charge in [0, 0.05) is 12.2 Å². The van der Waals surface area contributed by atoms with Crippen LogP contribution in [0.25, 0.3) is 11.1 Å². The van der Waals surface area contributed by atoms with Crippen LogP contribution >= 0.6 is 0 Å². The van der Waals surface area contributed by atoms with E-state index in [1.165, 1.54) is 5.56 Å². The predicted octanol–water partition coefficient (Wildman–Crippen LogP) is 2.73. The number of nitrogens with zero attached hydrogens (tertiary/aromatic N) is 1. The number of hydrogen-bond donors (Lipinski definition) is 1. The lowest BCUT2D eigenvalue weighted by Gasteiger charge is -2.05. The normalized spacial score (nSPS) is 10.8. The summed E-state index contributed by atoms with van der Waals surface area (Å²) in [4.78, 5) is 12.0. The monoisotopic (exact) mass is 230 g/mol. The van der Waals surface area contributed by atoms with Gasteiger partial charge in [-0.1, -0.05) is 36.8 Å². The lowest BCUT2D eigenvalue weighted by Crippen LogP contribution is -2.05. The standard InChI is InChI=1S/C14H18N2O/c1-4-12-13(14(17)15-16(12)5-2)11-8-6-10(3)7-9-11/h6-9H,4-5H2,1-3H3,(H,15,17). The third-order valence-electron chi connectivity index (χ3n) is 3.07. The van der Waals surface area contributed by atoms with Crippen LogP contribution in [0.15, 0.2) is 29.1 Å². The van der Waals surface area contributed by atoms with E-state index in [-0.39, 0.29) is 5.56 Å². The van der Waals surface area contributed by atoms with Crippen molar-refractivity contribution < 1.29 is 0 Å². The summed E-state index contributed by atoms with van der Waals surface area (Å²) in [6.45, 7) is 6.96. The van der Waals surface area contributed by atoms with Crippen molar-refractivity contribution in [3.63, 3.8) is 0 Å². The number of aromatic amines is 1. The first kappa shape index (κ1) is 11.7. The number of benzene rings is 1. The summed E-state index contributed by atoms with van der Waals surface area (Å²) in [6, 6.07) is 8.10. The maximum atomic E-state index is 12.0. The molecule has 17 heavy (non-hydrogen) atoms. The molecular formula is C14H18N2O. The van der Waals surface area contributed by atoms with Crippen LogP contribution in [0, 0.1) is 6.92 Å². The summed E-state index contributed by atoms with van der Waals surface area (Å²) in [5.74, 6) is 0. The van der Waals surface area contributed by atoms with Crippen molar-refractivity contribution in [3.8, 4) is 11.1 Å². The Morgan fingerprint density at radius 2 is 1.82 bits per heavy atom. The van der Waals surface area contributed by atoms with Crippen LogP contribution in [0.4, 0.5) is 0 Å². The molecule has 0 amide bonds. The van der Waals surface area contributed by atoms with Crippen LogP contribution < -0.4 is 5.56 Å². The second kappa shape index (κ2) is 4.62. The van der Waals surface area contributed by atoms with Crippen LogP contribution in [0.5, 0.6) is 0 Å². The SMILES string of the molecule is CCc1c(-c2ccc(C)cc2)c(=O)[nH]n1CC. The molecule has 0 bridgehead atoms. The van der Waals surface area contributed by atoms with E-state index >= 15 is 0 Å². The molecule has 90 valence electrons. The molecule has 0 aliphatic carbocycles. The summed E-state index contributed by atoms with van der Waals surface area (Å²) in [5, 5.41) is 2.89. The zero-order valence-corrected chi connectivity index (χ0v) is 10.6. The lowest BCUT2D eigenvalue weighted by atomic mass is 10.0. The van der Waals surface area contributed by atoms with E-state index < -0.39 is 0 Å². The van der Waals surface area contributed by atoms with E-state index in [1.807, 2.05) is 42.8 Å². The van der Waals surface area contributed by atoms with Gasteiger partial charge in [0.1, 0.15) is 0 Å². The fourth-order valence-electron chi connectivity index (χ4n) is 2.17. The topological polar surface area (TPSA) is 37.8 Å². The highest BCUT2D eigenvalue weighted by Gasteiger charge is 2.13. The Morgan fingerprint density at radius 3 is 2.35 bits per heavy atom. The average Bonchev–Trinajstić information content (AvgIpc) is 2.66. The Kier molecular flexibility index (Phi) is 3.18. The zero-order chi connectivity index (χ0) is 12.4. The van der Waals surface area contributed by atoms with Gasteiger partial charge in [0.25, 0.3) is 5.56 Å². The lowest BCUT2D eigenvalue weighted by molar-refractivity contribution is 0.621. The van der Waals surface area contributed by atoms with Gasteiger partial charge in [-0.3, -0.25) is 14.6 Å². The number of H-pyrrole nitrogens is 1. The first-order valence-corrected chi connectivity index (χ1v) is 6.06. The molecule has 0 atom stereocenters. The van der Waals surface area contributed by atoms with Crippen LogP contribution in [-0.2, 0) is 13.0 Å². The van der Waals surface area contributed by atoms with E-state index in [2.05, 4.69) is 12.0 Å². The molecule has 0 saturated carbocycles. The molecule has 3 nitrogen and oxygen atoms in total. The van der Waals surface area contributed by atoms with Gasteiger partial charge in [-0.25, -0.2) is 0 Å². The van der Waals surface area contributed by atoms with Crippen molar-refractivity contribution in [1.82, 2.24) is 9.78 Å². The Morgan fingerprint density at radius 1 is 1.18 bits per heavy atom. The first-order chi connectivity index (χ1) is 8.17. The van der Waals surface area contributed by atoms with E-state index in [1.54, 1.807) is 0 Å². The summed E-state index contributed by atoms with van der Waals surface area (Å²) < 4.78 is 1.93. The average molecular weight is 230 g/mol. The van der Waals surface area contributed by atoms with E-state index in [0.717, 1.165) is 29.8 Å². The number of hydrogen-bond acceptors (Lipinski definition) is 1. The maximum absolute atomic E-state index is 12.0. The summed E-state index contributed by atoms with van der Waals surface area (Å²) >= 11 is 0. The van der Waals surface area contributed by atoms with Crippen molar-refractivity contribution in [1.29, 1.82) is 0 Å². The molecule has 0 saturated heterocycles. The number of nitrogens with one attached hydrogen (secondary N) is 1. The molecule has 2 aromatic rings. The second-order valence-electron chi connectivity index (χ2n) is 4.23. The van der Waals surface area contributed by atoms with Gasteiger partial charge in [0.2, 0.25) is 0 Å². The van der Waals surface area contributed by atoms with E-state index in [4.69, 9.17) is 0 Å². The summed E-state index contributed by atoms with van der Waals surface area (Å²) in [6.07, 6.45) is 0.857. The Labute approximate surface area is 101 Å². The second-order valence-corrected chi connectivity index (χ2v) is 4.23. The fourth-order valence-corrected chi connectivity index (χ4v) is 2.17. The van der Waals surface area contributed by atoms with E-state index in [0.29, 0.717) is 0 Å². The van der Waals surface area contributed by atoms with Crippen LogP contribution in [0.3, 0.4) is 0 Å². The van der Waals surface area contributed by atoms with Gasteiger partial charge in [-0.2, -0.15) is 0 Å². The smallest absolute Gasteiger partial charge is 0.272 e. The molecule has 0 unspecified atom stereocenters. The molecule has 1 N–H and O–H groups in total. The zero-order valence-electron chi connectivity index (χ0n) is 10.6. The molecule has 0 aliphatic heterocycles. The highest BCUT2D eigenvalue weighted by molar-refractivity contribution is 5.65. The van der Waals surface area contributed by atoms with Gasteiger partial charge in [-0.05, 0) is 25.8 Å². The molecule has 3 heteroatoms. The van der Waals surface area contributed by atoms with Gasteiger partial charge in [0.15, 0.2) is 0 Å². The van der Waals surface area contributed by atoms with Gasteiger partial charge >= 0.3 is 0 Å². The highest BCUT2D eigenvalue weighted by atomic mass is 16.1.